The summed E-state index contributed by atoms with van der Waals surface area (Å²) in [6, 6.07) is 0. The van der Waals surface area contributed by atoms with Crippen molar-refractivity contribution in [2.45, 2.75) is 74.1 Å². The van der Waals surface area contributed by atoms with Crippen LogP contribution in [0.3, 0.4) is 0 Å². The molecular formula is C14H32O2. The molecule has 0 aliphatic heterocycles. The molecule has 0 bridgehead atoms. The van der Waals surface area contributed by atoms with Crippen LogP contribution in [-0.2, 0) is 9.53 Å². The number of hydrogen-bond acceptors (Lipinski definition) is 2. The molecule has 0 radical (unpaired) electrons. The SMILES string of the molecule is CC.CC.CCCCC(CC)COC(C)=O. The van der Waals surface area contributed by atoms with E-state index in [-0.39, 0.29) is 5.97 Å². The highest BCUT2D eigenvalue weighted by atomic mass is 16.5. The molecule has 0 heterocycles. The first-order valence-electron chi connectivity index (χ1n) is 6.84. The third-order valence-electron chi connectivity index (χ3n) is 2.07. The highest BCUT2D eigenvalue weighted by molar-refractivity contribution is 5.65. The Morgan fingerprint density at radius 3 is 1.94 bits per heavy atom. The number of carbonyl (C=O) groups is 1. The van der Waals surface area contributed by atoms with Crippen LogP contribution in [0.5, 0.6) is 0 Å². The highest BCUT2D eigenvalue weighted by Crippen LogP contribution is 2.12. The van der Waals surface area contributed by atoms with Crippen molar-refractivity contribution in [2.75, 3.05) is 6.61 Å². The Bertz CT molecular complexity index is 122. The lowest BCUT2D eigenvalue weighted by Crippen LogP contribution is -2.11. The van der Waals surface area contributed by atoms with E-state index in [9.17, 15) is 4.79 Å². The average Bonchev–Trinajstić information content (AvgIpc) is 2.34. The van der Waals surface area contributed by atoms with Crippen LogP contribution in [0.15, 0.2) is 0 Å². The lowest BCUT2D eigenvalue weighted by molar-refractivity contribution is -0.142. The third-order valence-corrected chi connectivity index (χ3v) is 2.07. The molecule has 0 rings (SSSR count). The van der Waals surface area contributed by atoms with E-state index in [1.54, 1.807) is 0 Å². The molecule has 0 aromatic heterocycles. The number of hydrogen-bond donors (Lipinski definition) is 0. The second kappa shape index (κ2) is 20.0. The van der Waals surface area contributed by atoms with Gasteiger partial charge in [-0.05, 0) is 12.3 Å². The summed E-state index contributed by atoms with van der Waals surface area (Å²) in [4.78, 5) is 10.5. The van der Waals surface area contributed by atoms with Gasteiger partial charge in [0, 0.05) is 6.92 Å². The fourth-order valence-electron chi connectivity index (χ4n) is 1.13. The standard InChI is InChI=1S/C10H20O2.2C2H6/c1-4-6-7-10(5-2)8-12-9(3)11;2*1-2/h10H,4-8H2,1-3H3;2*1-2H3. The van der Waals surface area contributed by atoms with Gasteiger partial charge >= 0.3 is 5.97 Å². The van der Waals surface area contributed by atoms with Crippen molar-refractivity contribution in [3.05, 3.63) is 0 Å². The maximum absolute atomic E-state index is 10.5. The Morgan fingerprint density at radius 1 is 1.12 bits per heavy atom. The van der Waals surface area contributed by atoms with Crippen molar-refractivity contribution in [1.82, 2.24) is 0 Å². The predicted octanol–water partition coefficient (Wildman–Crippen LogP) is 4.82. The molecule has 0 aliphatic rings. The first kappa shape index (κ1) is 20.8. The summed E-state index contributed by atoms with van der Waals surface area (Å²) in [5.41, 5.74) is 0. The minimum Gasteiger partial charge on any atom is -0.466 e. The van der Waals surface area contributed by atoms with Crippen molar-refractivity contribution < 1.29 is 9.53 Å². The zero-order valence-electron chi connectivity index (χ0n) is 12.4. The number of ether oxygens (including phenoxy) is 1. The zero-order chi connectivity index (χ0) is 13.4. The molecule has 0 saturated heterocycles. The molecule has 2 nitrogen and oxygen atoms in total. The Balaban J connectivity index is -0.000000376. The van der Waals surface area contributed by atoms with Crippen LogP contribution in [0.1, 0.15) is 74.1 Å². The van der Waals surface area contributed by atoms with Crippen LogP contribution in [0.2, 0.25) is 0 Å². The Morgan fingerprint density at radius 2 is 1.62 bits per heavy atom. The Hall–Kier alpha value is -0.530. The summed E-state index contributed by atoms with van der Waals surface area (Å²) < 4.78 is 4.95. The van der Waals surface area contributed by atoms with E-state index >= 15 is 0 Å². The molecule has 2 heteroatoms. The van der Waals surface area contributed by atoms with Gasteiger partial charge in [0.25, 0.3) is 0 Å². The minimum absolute atomic E-state index is 0.162. The maximum Gasteiger partial charge on any atom is 0.302 e. The average molecular weight is 232 g/mol. The molecule has 0 spiro atoms. The molecule has 100 valence electrons. The van der Waals surface area contributed by atoms with Crippen LogP contribution in [0, 0.1) is 5.92 Å². The van der Waals surface area contributed by atoms with Crippen molar-refractivity contribution in [1.29, 1.82) is 0 Å². The fraction of sp³-hybridized carbons (Fsp3) is 0.929. The van der Waals surface area contributed by atoms with Gasteiger partial charge in [-0.1, -0.05) is 60.8 Å². The van der Waals surface area contributed by atoms with E-state index in [0.717, 1.165) is 6.42 Å². The first-order chi connectivity index (χ1) is 7.70. The van der Waals surface area contributed by atoms with Gasteiger partial charge in [0.15, 0.2) is 0 Å². The molecule has 0 aliphatic carbocycles. The van der Waals surface area contributed by atoms with Crippen LogP contribution in [0.25, 0.3) is 0 Å². The van der Waals surface area contributed by atoms with Crippen LogP contribution >= 0.6 is 0 Å². The van der Waals surface area contributed by atoms with E-state index in [1.165, 1.54) is 26.2 Å². The lowest BCUT2D eigenvalue weighted by Gasteiger charge is -2.13. The fourth-order valence-corrected chi connectivity index (χ4v) is 1.13. The number of unbranched alkanes of at least 4 members (excludes halogenated alkanes) is 1. The minimum atomic E-state index is -0.162. The van der Waals surface area contributed by atoms with E-state index in [2.05, 4.69) is 13.8 Å². The molecule has 1 unspecified atom stereocenters. The highest BCUT2D eigenvalue weighted by Gasteiger charge is 2.06. The maximum atomic E-state index is 10.5. The molecule has 0 saturated carbocycles. The summed E-state index contributed by atoms with van der Waals surface area (Å²) in [5.74, 6) is 0.402. The summed E-state index contributed by atoms with van der Waals surface area (Å²) in [6.07, 6.45) is 4.74. The van der Waals surface area contributed by atoms with Crippen molar-refractivity contribution >= 4 is 5.97 Å². The van der Waals surface area contributed by atoms with E-state index < -0.39 is 0 Å². The predicted molar refractivity (Wildman–Crippen MR) is 72.6 cm³/mol. The van der Waals surface area contributed by atoms with Crippen molar-refractivity contribution in [2.24, 2.45) is 5.92 Å². The Kier molecular flexibility index (Phi) is 26.0. The van der Waals surface area contributed by atoms with Gasteiger partial charge in [0.05, 0.1) is 6.61 Å². The summed E-state index contributed by atoms with van der Waals surface area (Å²) in [7, 11) is 0. The molecule has 1 atom stereocenters. The van der Waals surface area contributed by atoms with Crippen molar-refractivity contribution in [3.63, 3.8) is 0 Å². The first-order valence-corrected chi connectivity index (χ1v) is 6.84. The van der Waals surface area contributed by atoms with Gasteiger partial charge in [-0.3, -0.25) is 4.79 Å². The summed E-state index contributed by atoms with van der Waals surface area (Å²) >= 11 is 0. The molecule has 0 fully saturated rings. The van der Waals surface area contributed by atoms with Crippen LogP contribution in [0.4, 0.5) is 0 Å². The number of carbonyl (C=O) groups excluding carboxylic acids is 1. The molecule has 0 N–H and O–H groups in total. The lowest BCUT2D eigenvalue weighted by atomic mass is 10.0. The summed E-state index contributed by atoms with van der Waals surface area (Å²) in [5, 5.41) is 0. The summed E-state index contributed by atoms with van der Waals surface area (Å²) in [6.45, 7) is 14.4. The van der Waals surface area contributed by atoms with Gasteiger partial charge in [0.2, 0.25) is 0 Å². The number of esters is 1. The van der Waals surface area contributed by atoms with Crippen LogP contribution < -0.4 is 0 Å². The van der Waals surface area contributed by atoms with Crippen molar-refractivity contribution in [3.8, 4) is 0 Å². The van der Waals surface area contributed by atoms with E-state index in [0.29, 0.717) is 12.5 Å². The van der Waals surface area contributed by atoms with Gasteiger partial charge in [-0.15, -0.1) is 0 Å². The number of rotatable bonds is 6. The topological polar surface area (TPSA) is 26.3 Å². The smallest absolute Gasteiger partial charge is 0.302 e. The molecule has 0 aromatic carbocycles. The zero-order valence-corrected chi connectivity index (χ0v) is 12.4. The van der Waals surface area contributed by atoms with E-state index in [1.807, 2.05) is 27.7 Å². The Labute approximate surface area is 103 Å². The quantitative estimate of drug-likeness (QED) is 0.614. The van der Waals surface area contributed by atoms with Crippen LogP contribution in [-0.4, -0.2) is 12.6 Å². The third kappa shape index (κ3) is 19.1. The second-order valence-electron chi connectivity index (χ2n) is 3.22. The monoisotopic (exact) mass is 232 g/mol. The molecule has 16 heavy (non-hydrogen) atoms. The van der Waals surface area contributed by atoms with Gasteiger partial charge in [-0.2, -0.15) is 0 Å². The van der Waals surface area contributed by atoms with Gasteiger partial charge < -0.3 is 4.74 Å². The van der Waals surface area contributed by atoms with E-state index in [4.69, 9.17) is 4.74 Å². The molecule has 0 aromatic rings. The largest absolute Gasteiger partial charge is 0.466 e. The van der Waals surface area contributed by atoms with Gasteiger partial charge in [-0.25, -0.2) is 0 Å². The molecular weight excluding hydrogens is 200 g/mol. The van der Waals surface area contributed by atoms with Gasteiger partial charge in [0.1, 0.15) is 0 Å². The normalized spacial score (nSPS) is 10.2. The molecule has 0 amide bonds. The second-order valence-corrected chi connectivity index (χ2v) is 3.22.